The number of allylic oxidation sites excluding steroid dienone is 1. The van der Waals surface area contributed by atoms with Crippen LogP contribution in [0.4, 0.5) is 4.39 Å². The zero-order valence-corrected chi connectivity index (χ0v) is 24.7. The maximum absolute atomic E-state index is 13.4. The number of amides is 2. The largest absolute Gasteiger partial charge is 0.370 e. The van der Waals surface area contributed by atoms with E-state index >= 15 is 0 Å². The van der Waals surface area contributed by atoms with Gasteiger partial charge in [-0.1, -0.05) is 85.7 Å². The summed E-state index contributed by atoms with van der Waals surface area (Å²) in [7, 11) is 0. The lowest BCUT2D eigenvalue weighted by Crippen LogP contribution is -2.58. The Hall–Kier alpha value is -4.44. The molecule has 0 bridgehead atoms. The van der Waals surface area contributed by atoms with Crippen molar-refractivity contribution in [3.8, 4) is 11.8 Å². The first-order valence-corrected chi connectivity index (χ1v) is 14.3. The molecule has 2 N–H and O–H groups in total. The third-order valence-electron chi connectivity index (χ3n) is 7.70. The van der Waals surface area contributed by atoms with Crippen molar-refractivity contribution in [2.45, 2.75) is 58.2 Å². The van der Waals surface area contributed by atoms with Gasteiger partial charge in [0.15, 0.2) is 5.78 Å². The van der Waals surface area contributed by atoms with E-state index in [9.17, 15) is 18.8 Å². The monoisotopic (exact) mass is 567 g/mol. The Morgan fingerprint density at radius 1 is 0.952 bits per heavy atom. The number of rotatable bonds is 7. The normalized spacial score (nSPS) is 16.1. The van der Waals surface area contributed by atoms with E-state index in [0.717, 1.165) is 5.56 Å². The van der Waals surface area contributed by atoms with Crippen molar-refractivity contribution in [2.75, 3.05) is 19.6 Å². The molecule has 1 saturated carbocycles. The van der Waals surface area contributed by atoms with Crippen LogP contribution < -0.4 is 10.6 Å². The summed E-state index contributed by atoms with van der Waals surface area (Å²) in [4.78, 5) is 37.0. The molecule has 1 heterocycles. The number of nitrogens with one attached hydrogen (secondary N) is 2. The predicted molar refractivity (Wildman–Crippen MR) is 164 cm³/mol. The Balaban J connectivity index is 0.000000238. The van der Waals surface area contributed by atoms with Gasteiger partial charge in [-0.05, 0) is 66.8 Å². The van der Waals surface area contributed by atoms with Gasteiger partial charge < -0.3 is 15.5 Å². The second-order valence-electron chi connectivity index (χ2n) is 11.4. The Labute approximate surface area is 247 Å². The van der Waals surface area contributed by atoms with E-state index in [-0.39, 0.29) is 37.9 Å². The number of alkyl halides is 1. The van der Waals surface area contributed by atoms with E-state index < -0.39 is 11.6 Å². The minimum absolute atomic E-state index is 0.0538. The minimum Gasteiger partial charge on any atom is -0.370 e. The van der Waals surface area contributed by atoms with Gasteiger partial charge in [-0.25, -0.2) is 4.39 Å². The quantitative estimate of drug-likeness (QED) is 0.226. The molecule has 2 aliphatic rings. The highest BCUT2D eigenvalue weighted by Crippen LogP contribution is 2.49. The molecule has 1 aliphatic carbocycles. The maximum Gasteiger partial charge on any atom is 0.298 e. The highest BCUT2D eigenvalue weighted by atomic mass is 19.1. The minimum atomic E-state index is -1.33. The molecule has 7 heteroatoms. The SMILES string of the molecule is CC1(c2cccc3ccccc23)CC1.CC=C(NCC#CC(=O)N1CC(C)(F)C1)C(=O)NCc1ccccc1C(C)=O. The van der Waals surface area contributed by atoms with Gasteiger partial charge in [0.05, 0.1) is 25.3 Å². The molecule has 2 amide bonds. The van der Waals surface area contributed by atoms with E-state index in [1.807, 2.05) is 0 Å². The number of benzene rings is 3. The zero-order chi connectivity index (χ0) is 30.3. The fourth-order valence-electron chi connectivity index (χ4n) is 5.04. The van der Waals surface area contributed by atoms with Gasteiger partial charge in [-0.15, -0.1) is 0 Å². The first-order valence-electron chi connectivity index (χ1n) is 14.3. The van der Waals surface area contributed by atoms with Crippen LogP contribution >= 0.6 is 0 Å². The molecule has 0 aromatic heterocycles. The molecule has 3 aromatic rings. The first-order chi connectivity index (χ1) is 20.0. The number of carbonyl (C=O) groups is 3. The highest BCUT2D eigenvalue weighted by molar-refractivity contribution is 5.96. The van der Waals surface area contributed by atoms with Gasteiger partial charge >= 0.3 is 0 Å². The molecule has 6 nitrogen and oxygen atoms in total. The number of nitrogens with zero attached hydrogens (tertiary/aromatic N) is 1. The Kier molecular flexibility index (Phi) is 9.47. The lowest BCUT2D eigenvalue weighted by atomic mass is 9.93. The zero-order valence-electron chi connectivity index (χ0n) is 24.7. The number of fused-ring (bicyclic) bond motifs is 1. The molecule has 0 radical (unpaired) electrons. The van der Waals surface area contributed by atoms with Gasteiger partial charge in [0.25, 0.3) is 11.8 Å². The van der Waals surface area contributed by atoms with Crippen molar-refractivity contribution in [3.05, 3.63) is 95.2 Å². The first kappa shape index (κ1) is 30.5. The summed E-state index contributed by atoms with van der Waals surface area (Å²) >= 11 is 0. The summed E-state index contributed by atoms with van der Waals surface area (Å²) in [5.41, 5.74) is 2.29. The van der Waals surface area contributed by atoms with Crippen LogP contribution in [0.1, 0.15) is 62.0 Å². The Morgan fingerprint density at radius 3 is 2.29 bits per heavy atom. The van der Waals surface area contributed by atoms with Crippen molar-refractivity contribution >= 4 is 28.4 Å². The number of ketones is 1. The van der Waals surface area contributed by atoms with Gasteiger partial charge in [0.2, 0.25) is 0 Å². The van der Waals surface area contributed by atoms with Gasteiger partial charge in [0.1, 0.15) is 5.67 Å². The standard InChI is InChI=1S/C21H24FN3O3.C14H14/c1-4-18(23-11-7-10-19(27)25-13-21(3,22)14-25)20(28)24-12-16-8-5-6-9-17(16)15(2)26;1-14(9-10-14)13-8-4-6-11-5-2-3-7-12(11)13/h4-6,8-9,23H,11-14H2,1-3H3,(H,24,28);2-8H,9-10H2,1H3. The fraction of sp³-hybridized carbons (Fsp3) is 0.343. The lowest BCUT2D eigenvalue weighted by molar-refractivity contribution is -0.137. The molecule has 5 rings (SSSR count). The summed E-state index contributed by atoms with van der Waals surface area (Å²) in [6, 6.07) is 22.4. The van der Waals surface area contributed by atoms with E-state index in [2.05, 4.69) is 71.9 Å². The summed E-state index contributed by atoms with van der Waals surface area (Å²) in [6.07, 6.45) is 4.29. The molecule has 0 atom stereocenters. The van der Waals surface area contributed by atoms with Crippen LogP contribution in [0.3, 0.4) is 0 Å². The smallest absolute Gasteiger partial charge is 0.298 e. The second kappa shape index (κ2) is 13.0. The molecular formula is C35H38FN3O3. The number of Topliss-reactive ketones (excluding diaryl/α,β-unsaturated/α-hetero) is 1. The Bertz CT molecular complexity index is 1560. The molecule has 1 saturated heterocycles. The molecule has 1 aliphatic heterocycles. The van der Waals surface area contributed by atoms with Gasteiger partial charge in [0, 0.05) is 12.1 Å². The molecule has 0 unspecified atom stereocenters. The summed E-state index contributed by atoms with van der Waals surface area (Å²) in [5.74, 6) is 4.23. The van der Waals surface area contributed by atoms with E-state index in [0.29, 0.717) is 16.7 Å². The van der Waals surface area contributed by atoms with E-state index in [4.69, 9.17) is 0 Å². The van der Waals surface area contributed by atoms with Crippen LogP contribution in [0.2, 0.25) is 0 Å². The number of likely N-dealkylation sites (tertiary alicyclic amines) is 1. The average molecular weight is 568 g/mol. The van der Waals surface area contributed by atoms with Crippen molar-refractivity contribution in [3.63, 3.8) is 0 Å². The van der Waals surface area contributed by atoms with Crippen molar-refractivity contribution in [2.24, 2.45) is 0 Å². The molecule has 42 heavy (non-hydrogen) atoms. The molecule has 0 spiro atoms. The van der Waals surface area contributed by atoms with Crippen molar-refractivity contribution in [1.29, 1.82) is 0 Å². The third-order valence-corrected chi connectivity index (χ3v) is 7.70. The summed E-state index contributed by atoms with van der Waals surface area (Å²) in [6.45, 7) is 7.42. The van der Waals surface area contributed by atoms with Crippen LogP contribution in [-0.2, 0) is 21.5 Å². The van der Waals surface area contributed by atoms with Crippen molar-refractivity contribution in [1.82, 2.24) is 15.5 Å². The average Bonchev–Trinajstić information content (AvgIpc) is 3.72. The third kappa shape index (κ3) is 7.64. The topological polar surface area (TPSA) is 78.5 Å². The molecular weight excluding hydrogens is 529 g/mol. The second-order valence-corrected chi connectivity index (χ2v) is 11.4. The molecule has 2 fully saturated rings. The van der Waals surface area contributed by atoms with Crippen LogP contribution in [0, 0.1) is 11.8 Å². The summed E-state index contributed by atoms with van der Waals surface area (Å²) in [5, 5.41) is 8.42. The summed E-state index contributed by atoms with van der Waals surface area (Å²) < 4.78 is 13.4. The van der Waals surface area contributed by atoms with Gasteiger partial charge in [-0.3, -0.25) is 14.4 Å². The Morgan fingerprint density at radius 2 is 1.62 bits per heavy atom. The van der Waals surface area contributed by atoms with Gasteiger partial charge in [-0.2, -0.15) is 0 Å². The highest BCUT2D eigenvalue weighted by Gasteiger charge is 2.41. The number of halogens is 1. The van der Waals surface area contributed by atoms with Crippen molar-refractivity contribution < 1.29 is 18.8 Å². The van der Waals surface area contributed by atoms with Crippen LogP contribution in [0.5, 0.6) is 0 Å². The lowest BCUT2D eigenvalue weighted by Gasteiger charge is -2.40. The number of hydrogen-bond acceptors (Lipinski definition) is 4. The van der Waals surface area contributed by atoms with E-state index in [1.54, 1.807) is 37.3 Å². The van der Waals surface area contributed by atoms with E-state index in [1.165, 1.54) is 47.9 Å². The molecule has 3 aromatic carbocycles. The maximum atomic E-state index is 13.4. The van der Waals surface area contributed by atoms with Crippen LogP contribution in [0.15, 0.2) is 78.5 Å². The molecule has 218 valence electrons. The van der Waals surface area contributed by atoms with Crippen LogP contribution in [0.25, 0.3) is 10.8 Å². The number of hydrogen-bond donors (Lipinski definition) is 2. The fourth-order valence-corrected chi connectivity index (χ4v) is 5.04. The predicted octanol–water partition coefficient (Wildman–Crippen LogP) is 5.46. The number of carbonyl (C=O) groups excluding carboxylic acids is 3. The van der Waals surface area contributed by atoms with Crippen LogP contribution in [-0.4, -0.2) is 47.8 Å².